The van der Waals surface area contributed by atoms with Gasteiger partial charge in [-0.2, -0.15) is 0 Å². The predicted molar refractivity (Wildman–Crippen MR) is 79.6 cm³/mol. The molecule has 0 radical (unpaired) electrons. The first-order valence-corrected chi connectivity index (χ1v) is 7.21. The third kappa shape index (κ3) is 4.27. The fourth-order valence-corrected chi connectivity index (χ4v) is 2.69. The van der Waals surface area contributed by atoms with Crippen molar-refractivity contribution in [3.8, 4) is 0 Å². The van der Waals surface area contributed by atoms with E-state index in [9.17, 15) is 0 Å². The second-order valence-electron chi connectivity index (χ2n) is 5.42. The third-order valence-corrected chi connectivity index (χ3v) is 3.56. The zero-order valence-electron chi connectivity index (χ0n) is 11.0. The van der Waals surface area contributed by atoms with Crippen molar-refractivity contribution in [2.75, 3.05) is 6.54 Å². The summed E-state index contributed by atoms with van der Waals surface area (Å²) in [5.74, 6) is 0. The van der Waals surface area contributed by atoms with Gasteiger partial charge in [-0.15, -0.1) is 0 Å². The molecule has 0 aliphatic carbocycles. The van der Waals surface area contributed by atoms with Crippen LogP contribution in [0.4, 0.5) is 0 Å². The van der Waals surface area contributed by atoms with Gasteiger partial charge in [0.1, 0.15) is 0 Å². The van der Waals surface area contributed by atoms with Crippen molar-refractivity contribution in [3.63, 3.8) is 0 Å². The topological polar surface area (TPSA) is 12.0 Å². The fourth-order valence-electron chi connectivity index (χ4n) is 1.91. The zero-order valence-corrected chi connectivity index (χ0v) is 13.3. The van der Waals surface area contributed by atoms with E-state index >= 15 is 0 Å². The Morgan fingerprint density at radius 1 is 1.35 bits per heavy atom. The van der Waals surface area contributed by atoms with Gasteiger partial charge in [0.2, 0.25) is 0 Å². The molecule has 0 spiro atoms. The summed E-state index contributed by atoms with van der Waals surface area (Å²) >= 11 is 9.78. The third-order valence-electron chi connectivity index (χ3n) is 2.74. The van der Waals surface area contributed by atoms with Gasteiger partial charge in [0, 0.05) is 15.5 Å². The van der Waals surface area contributed by atoms with E-state index in [1.54, 1.807) is 0 Å². The molecule has 1 unspecified atom stereocenters. The Bertz CT molecular complexity index is 371. The van der Waals surface area contributed by atoms with Crippen LogP contribution in [0.3, 0.4) is 0 Å². The molecule has 0 aliphatic rings. The summed E-state index contributed by atoms with van der Waals surface area (Å²) in [6, 6.07) is 6.39. The number of hydrogen-bond donors (Lipinski definition) is 1. The van der Waals surface area contributed by atoms with Crippen LogP contribution in [0.2, 0.25) is 5.02 Å². The lowest BCUT2D eigenvalue weighted by Crippen LogP contribution is -2.33. The smallest absolute Gasteiger partial charge is 0.0465 e. The van der Waals surface area contributed by atoms with Crippen molar-refractivity contribution < 1.29 is 0 Å². The Morgan fingerprint density at radius 3 is 2.47 bits per heavy atom. The molecular weight excluding hydrogens is 298 g/mol. The second-order valence-corrected chi connectivity index (χ2v) is 6.74. The van der Waals surface area contributed by atoms with Crippen LogP contribution in [-0.2, 0) is 0 Å². The highest BCUT2D eigenvalue weighted by Crippen LogP contribution is 2.37. The Morgan fingerprint density at radius 2 is 2.00 bits per heavy atom. The Kier molecular flexibility index (Phi) is 5.49. The first-order chi connectivity index (χ1) is 7.86. The SMILES string of the molecule is CCCNC(c1ccc(Br)cc1Cl)C(C)(C)C. The van der Waals surface area contributed by atoms with Crippen LogP contribution in [0.25, 0.3) is 0 Å². The summed E-state index contributed by atoms with van der Waals surface area (Å²) in [6.45, 7) is 9.89. The summed E-state index contributed by atoms with van der Waals surface area (Å²) < 4.78 is 1.02. The van der Waals surface area contributed by atoms with Gasteiger partial charge >= 0.3 is 0 Å². The molecule has 1 rings (SSSR count). The van der Waals surface area contributed by atoms with Crippen LogP contribution in [0, 0.1) is 5.41 Å². The Labute approximate surface area is 118 Å². The molecule has 1 aromatic carbocycles. The van der Waals surface area contributed by atoms with Crippen molar-refractivity contribution in [2.45, 2.75) is 40.2 Å². The van der Waals surface area contributed by atoms with Gasteiger partial charge in [-0.05, 0) is 36.1 Å². The monoisotopic (exact) mass is 317 g/mol. The number of benzene rings is 1. The summed E-state index contributed by atoms with van der Waals surface area (Å²) in [7, 11) is 0. The molecule has 3 heteroatoms. The van der Waals surface area contributed by atoms with Gasteiger partial charge in [0.15, 0.2) is 0 Å². The van der Waals surface area contributed by atoms with Crippen molar-refractivity contribution in [2.24, 2.45) is 5.41 Å². The normalized spacial score (nSPS) is 13.8. The zero-order chi connectivity index (χ0) is 13.1. The molecule has 0 saturated heterocycles. The van der Waals surface area contributed by atoms with Crippen LogP contribution >= 0.6 is 27.5 Å². The molecule has 0 fully saturated rings. The van der Waals surface area contributed by atoms with E-state index in [-0.39, 0.29) is 11.5 Å². The summed E-state index contributed by atoms with van der Waals surface area (Å²) in [5.41, 5.74) is 1.32. The molecule has 17 heavy (non-hydrogen) atoms. The molecule has 1 atom stereocenters. The van der Waals surface area contributed by atoms with E-state index in [4.69, 9.17) is 11.6 Å². The van der Waals surface area contributed by atoms with Crippen molar-refractivity contribution in [1.29, 1.82) is 0 Å². The maximum Gasteiger partial charge on any atom is 0.0465 e. The van der Waals surface area contributed by atoms with E-state index in [0.717, 1.165) is 22.5 Å². The van der Waals surface area contributed by atoms with E-state index in [1.165, 1.54) is 5.56 Å². The second kappa shape index (κ2) is 6.21. The highest BCUT2D eigenvalue weighted by atomic mass is 79.9. The van der Waals surface area contributed by atoms with Crippen molar-refractivity contribution in [3.05, 3.63) is 33.3 Å². The maximum absolute atomic E-state index is 6.34. The highest BCUT2D eigenvalue weighted by molar-refractivity contribution is 9.10. The number of rotatable bonds is 4. The maximum atomic E-state index is 6.34. The summed E-state index contributed by atoms with van der Waals surface area (Å²) in [6.07, 6.45) is 1.13. The van der Waals surface area contributed by atoms with Crippen LogP contribution < -0.4 is 5.32 Å². The van der Waals surface area contributed by atoms with Gasteiger partial charge < -0.3 is 5.32 Å². The average molecular weight is 319 g/mol. The lowest BCUT2D eigenvalue weighted by atomic mass is 9.82. The quantitative estimate of drug-likeness (QED) is 0.805. The Balaban J connectivity index is 3.04. The number of hydrogen-bond acceptors (Lipinski definition) is 1. The molecule has 0 aliphatic heterocycles. The molecule has 1 aromatic rings. The largest absolute Gasteiger partial charge is 0.309 e. The van der Waals surface area contributed by atoms with Crippen LogP contribution in [0.15, 0.2) is 22.7 Å². The minimum absolute atomic E-state index is 0.145. The molecule has 0 heterocycles. The molecule has 0 aromatic heterocycles. The fraction of sp³-hybridized carbons (Fsp3) is 0.571. The molecule has 0 saturated carbocycles. The van der Waals surface area contributed by atoms with E-state index in [0.29, 0.717) is 0 Å². The van der Waals surface area contributed by atoms with Gasteiger partial charge in [0.05, 0.1) is 0 Å². The van der Waals surface area contributed by atoms with Gasteiger partial charge in [0.25, 0.3) is 0 Å². The molecule has 0 bridgehead atoms. The molecule has 1 N–H and O–H groups in total. The summed E-state index contributed by atoms with van der Waals surface area (Å²) in [4.78, 5) is 0. The molecule has 0 amide bonds. The minimum atomic E-state index is 0.145. The lowest BCUT2D eigenvalue weighted by molar-refractivity contribution is 0.273. The summed E-state index contributed by atoms with van der Waals surface area (Å²) in [5, 5.41) is 4.41. The minimum Gasteiger partial charge on any atom is -0.309 e. The van der Waals surface area contributed by atoms with Crippen molar-refractivity contribution in [1.82, 2.24) is 5.32 Å². The van der Waals surface area contributed by atoms with Gasteiger partial charge in [-0.25, -0.2) is 0 Å². The average Bonchev–Trinajstić information content (AvgIpc) is 2.19. The van der Waals surface area contributed by atoms with Gasteiger partial charge in [-0.3, -0.25) is 0 Å². The van der Waals surface area contributed by atoms with E-state index < -0.39 is 0 Å². The first-order valence-electron chi connectivity index (χ1n) is 6.04. The van der Waals surface area contributed by atoms with Crippen LogP contribution in [-0.4, -0.2) is 6.54 Å². The first kappa shape index (κ1) is 15.0. The highest BCUT2D eigenvalue weighted by Gasteiger charge is 2.27. The van der Waals surface area contributed by atoms with Crippen LogP contribution in [0.1, 0.15) is 45.7 Å². The lowest BCUT2D eigenvalue weighted by Gasteiger charge is -2.32. The van der Waals surface area contributed by atoms with Crippen LogP contribution in [0.5, 0.6) is 0 Å². The standard InChI is InChI=1S/C14H21BrClN/c1-5-8-17-13(14(2,3)4)11-7-6-10(15)9-12(11)16/h6-7,9,13,17H,5,8H2,1-4H3. The number of nitrogens with one attached hydrogen (secondary N) is 1. The Hall–Kier alpha value is -0.0500. The van der Waals surface area contributed by atoms with Gasteiger partial charge in [-0.1, -0.05) is 61.3 Å². The van der Waals surface area contributed by atoms with E-state index in [2.05, 4.69) is 55.0 Å². The number of halogens is 2. The molecule has 1 nitrogen and oxygen atoms in total. The predicted octanol–water partition coefficient (Wildman–Crippen LogP) is 5.19. The van der Waals surface area contributed by atoms with Crippen molar-refractivity contribution >= 4 is 27.5 Å². The van der Waals surface area contributed by atoms with E-state index in [1.807, 2.05) is 12.1 Å². The molecule has 96 valence electrons. The molecular formula is C14H21BrClN.